The van der Waals surface area contributed by atoms with Crippen LogP contribution in [0.1, 0.15) is 57.4 Å². The van der Waals surface area contributed by atoms with Gasteiger partial charge in [0.25, 0.3) is 0 Å². The molecule has 2 aromatic rings. The topological polar surface area (TPSA) is 110 Å². The number of nitrogens with one attached hydrogen (secondary N) is 3. The molecule has 3 N–H and O–H groups in total. The highest BCUT2D eigenvalue weighted by Gasteiger charge is 2.50. The molecule has 4 aliphatic rings. The second kappa shape index (κ2) is 10.1. The number of hydrogen-bond donors (Lipinski definition) is 3. The Morgan fingerprint density at radius 2 is 1.75 bits per heavy atom. The number of ether oxygens (including phenoxy) is 2. The highest BCUT2D eigenvalue weighted by molar-refractivity contribution is 5.91. The summed E-state index contributed by atoms with van der Waals surface area (Å²) >= 11 is 0. The Labute approximate surface area is 211 Å². The first-order valence-electron chi connectivity index (χ1n) is 13.2. The molecule has 36 heavy (non-hydrogen) atoms. The summed E-state index contributed by atoms with van der Waals surface area (Å²) in [5, 5.41) is 6.85. The molecule has 4 bridgehead atoms. The second-order valence-electron chi connectivity index (χ2n) is 11.2. The maximum atomic E-state index is 13.4. The van der Waals surface area contributed by atoms with E-state index in [1.165, 1.54) is 13.5 Å². The number of aromatic amines is 1. The van der Waals surface area contributed by atoms with Gasteiger partial charge in [-0.25, -0.2) is 4.79 Å². The van der Waals surface area contributed by atoms with Gasteiger partial charge in [0.15, 0.2) is 0 Å². The number of fused-ring (bicyclic) bond motifs is 1. The molecular weight excluding hydrogens is 458 g/mol. The molecule has 1 aromatic carbocycles. The monoisotopic (exact) mass is 495 g/mol. The largest absolute Gasteiger partial charge is 0.469 e. The van der Waals surface area contributed by atoms with Gasteiger partial charge < -0.3 is 25.1 Å². The van der Waals surface area contributed by atoms with E-state index in [0.717, 1.165) is 54.0 Å². The lowest BCUT2D eigenvalue weighted by Gasteiger charge is -2.53. The number of para-hydroxylation sites is 1. The first kappa shape index (κ1) is 24.7. The van der Waals surface area contributed by atoms with Crippen LogP contribution in [0.3, 0.4) is 0 Å². The summed E-state index contributed by atoms with van der Waals surface area (Å²) < 4.78 is 10.7. The van der Waals surface area contributed by atoms with Gasteiger partial charge in [-0.15, -0.1) is 0 Å². The zero-order chi connectivity index (χ0) is 25.3. The first-order chi connectivity index (χ1) is 17.3. The van der Waals surface area contributed by atoms with Gasteiger partial charge in [0, 0.05) is 36.5 Å². The maximum Gasteiger partial charge on any atom is 0.408 e. The first-order valence-corrected chi connectivity index (χ1v) is 13.2. The van der Waals surface area contributed by atoms with Crippen molar-refractivity contribution in [3.8, 4) is 0 Å². The molecule has 4 saturated carbocycles. The number of esters is 1. The summed E-state index contributed by atoms with van der Waals surface area (Å²) in [5.41, 5.74) is 0.691. The van der Waals surface area contributed by atoms with E-state index in [1.807, 2.05) is 30.5 Å². The van der Waals surface area contributed by atoms with Crippen LogP contribution in [0.15, 0.2) is 30.5 Å². The Morgan fingerprint density at radius 1 is 1.06 bits per heavy atom. The van der Waals surface area contributed by atoms with Crippen LogP contribution >= 0.6 is 0 Å². The zero-order valence-corrected chi connectivity index (χ0v) is 21.2. The summed E-state index contributed by atoms with van der Waals surface area (Å²) in [6.07, 6.45) is 8.22. The summed E-state index contributed by atoms with van der Waals surface area (Å²) in [4.78, 5) is 41.3. The van der Waals surface area contributed by atoms with E-state index in [1.54, 1.807) is 6.92 Å². The maximum absolute atomic E-state index is 13.4. The summed E-state index contributed by atoms with van der Waals surface area (Å²) in [6.45, 7) is 2.05. The number of hydrogen-bond acceptors (Lipinski definition) is 5. The molecule has 0 unspecified atom stereocenters. The van der Waals surface area contributed by atoms with Crippen molar-refractivity contribution in [3.63, 3.8) is 0 Å². The SMILES string of the molecule is COC(=O)CCCNC(=O)[C@@](C)(Cc1c[nH]c2ccccc12)NC(=O)OC1C2CC3CC(C2)CC1C3. The Morgan fingerprint density at radius 3 is 2.44 bits per heavy atom. The van der Waals surface area contributed by atoms with E-state index in [-0.39, 0.29) is 24.4 Å². The average Bonchev–Trinajstić information content (AvgIpc) is 3.25. The van der Waals surface area contributed by atoms with Crippen molar-refractivity contribution in [1.82, 2.24) is 15.6 Å². The molecule has 8 heteroatoms. The van der Waals surface area contributed by atoms with Crippen LogP contribution in [0.2, 0.25) is 0 Å². The number of carbonyl (C=O) groups is 3. The normalized spacial score (nSPS) is 27.9. The van der Waals surface area contributed by atoms with Crippen LogP contribution in [0, 0.1) is 23.7 Å². The van der Waals surface area contributed by atoms with Gasteiger partial charge in [-0.2, -0.15) is 0 Å². The molecule has 0 aliphatic heterocycles. The van der Waals surface area contributed by atoms with Gasteiger partial charge >= 0.3 is 12.1 Å². The Balaban J connectivity index is 1.28. The molecule has 0 spiro atoms. The van der Waals surface area contributed by atoms with Crippen LogP contribution in [0.4, 0.5) is 4.79 Å². The van der Waals surface area contributed by atoms with E-state index >= 15 is 0 Å². The highest BCUT2D eigenvalue weighted by Crippen LogP contribution is 2.54. The fraction of sp³-hybridized carbons (Fsp3) is 0.607. The van der Waals surface area contributed by atoms with Crippen LogP contribution in [0.25, 0.3) is 10.9 Å². The minimum atomic E-state index is -1.22. The van der Waals surface area contributed by atoms with Crippen molar-refractivity contribution in [2.75, 3.05) is 13.7 Å². The molecule has 8 nitrogen and oxygen atoms in total. The molecule has 4 aliphatic carbocycles. The standard InChI is InChI=1S/C28H37N3O5/c1-28(26(33)29-9-5-8-24(32)35-2,15-21-16-30-23-7-4-3-6-22(21)23)31-27(34)36-25-19-11-17-10-18(13-19)14-20(25)12-17/h3-4,6-7,16-20,25,30H,5,8-15H2,1-2H3,(H,29,33)(H,31,34)/t17?,18?,19?,20?,25?,28-/m1/s1. The molecule has 194 valence electrons. The van der Waals surface area contributed by atoms with E-state index in [2.05, 4.69) is 20.4 Å². The van der Waals surface area contributed by atoms with Gasteiger partial charge in [0.05, 0.1) is 7.11 Å². The number of benzene rings is 1. The van der Waals surface area contributed by atoms with Gasteiger partial charge in [0.2, 0.25) is 5.91 Å². The zero-order valence-electron chi connectivity index (χ0n) is 21.2. The lowest BCUT2D eigenvalue weighted by Crippen LogP contribution is -2.59. The van der Waals surface area contributed by atoms with Crippen molar-refractivity contribution in [2.45, 2.75) is 69.9 Å². The van der Waals surface area contributed by atoms with Crippen molar-refractivity contribution < 1.29 is 23.9 Å². The minimum Gasteiger partial charge on any atom is -0.469 e. The van der Waals surface area contributed by atoms with E-state index < -0.39 is 11.6 Å². The van der Waals surface area contributed by atoms with Crippen molar-refractivity contribution in [2.24, 2.45) is 23.7 Å². The molecule has 2 amide bonds. The molecule has 0 saturated heterocycles. The van der Waals surface area contributed by atoms with Crippen molar-refractivity contribution in [1.29, 1.82) is 0 Å². The second-order valence-corrected chi connectivity index (χ2v) is 11.2. The number of alkyl carbamates (subject to hydrolysis) is 1. The molecular formula is C28H37N3O5. The predicted octanol–water partition coefficient (Wildman–Crippen LogP) is 4.09. The fourth-order valence-corrected chi connectivity index (χ4v) is 7.02. The molecule has 1 heterocycles. The fourth-order valence-electron chi connectivity index (χ4n) is 7.02. The summed E-state index contributed by atoms with van der Waals surface area (Å²) in [7, 11) is 1.35. The predicted molar refractivity (Wildman–Crippen MR) is 135 cm³/mol. The third-order valence-corrected chi connectivity index (χ3v) is 8.55. The lowest BCUT2D eigenvalue weighted by atomic mass is 9.55. The molecule has 1 atom stereocenters. The number of carbonyl (C=O) groups excluding carboxylic acids is 3. The Kier molecular flexibility index (Phi) is 6.95. The van der Waals surface area contributed by atoms with E-state index in [4.69, 9.17) is 4.74 Å². The minimum absolute atomic E-state index is 0.0572. The number of rotatable bonds is 9. The van der Waals surface area contributed by atoms with Crippen LogP contribution < -0.4 is 10.6 Å². The Bertz CT molecular complexity index is 1100. The van der Waals surface area contributed by atoms with Crippen molar-refractivity contribution >= 4 is 28.9 Å². The Hall–Kier alpha value is -3.03. The average molecular weight is 496 g/mol. The van der Waals surface area contributed by atoms with Crippen molar-refractivity contribution in [3.05, 3.63) is 36.0 Å². The number of amides is 2. The summed E-state index contributed by atoms with van der Waals surface area (Å²) in [6, 6.07) is 7.90. The number of aromatic nitrogens is 1. The lowest BCUT2D eigenvalue weighted by molar-refractivity contribution is -0.140. The van der Waals surface area contributed by atoms with Gasteiger partial charge in [-0.1, -0.05) is 18.2 Å². The summed E-state index contributed by atoms with van der Waals surface area (Å²) in [5.74, 6) is 1.84. The van der Waals surface area contributed by atoms with Crippen LogP contribution in [-0.2, 0) is 25.5 Å². The van der Waals surface area contributed by atoms with E-state index in [9.17, 15) is 14.4 Å². The molecule has 4 fully saturated rings. The number of methoxy groups -OCH3 is 1. The molecule has 0 radical (unpaired) electrons. The molecule has 1 aromatic heterocycles. The third-order valence-electron chi connectivity index (χ3n) is 8.55. The number of H-pyrrole nitrogens is 1. The van der Waals surface area contributed by atoms with Crippen LogP contribution in [0.5, 0.6) is 0 Å². The van der Waals surface area contributed by atoms with Gasteiger partial charge in [0.1, 0.15) is 11.6 Å². The quantitative estimate of drug-likeness (QED) is 0.359. The van der Waals surface area contributed by atoms with E-state index in [0.29, 0.717) is 31.2 Å². The molecule has 6 rings (SSSR count). The third kappa shape index (κ3) is 5.08. The van der Waals surface area contributed by atoms with Gasteiger partial charge in [-0.3, -0.25) is 9.59 Å². The van der Waals surface area contributed by atoms with Gasteiger partial charge in [-0.05, 0) is 80.8 Å². The smallest absolute Gasteiger partial charge is 0.408 e. The highest BCUT2D eigenvalue weighted by atomic mass is 16.6. The van der Waals surface area contributed by atoms with Crippen LogP contribution in [-0.4, -0.2) is 48.3 Å².